The van der Waals surface area contributed by atoms with E-state index in [1.54, 1.807) is 0 Å². The molecule has 0 rings (SSSR count). The molecule has 0 bridgehead atoms. The molecule has 0 fully saturated rings. The molecule has 0 heterocycles. The quantitative estimate of drug-likeness (QED) is 0.521. The molecule has 92 valence electrons. The molecule has 0 saturated carbocycles. The van der Waals surface area contributed by atoms with Gasteiger partial charge in [-0.2, -0.15) is 0 Å². The first-order valence-electron chi connectivity index (χ1n) is 5.97. The first-order chi connectivity index (χ1) is 7.10. The largest absolute Gasteiger partial charge is 0.440 e. The first kappa shape index (κ1) is 15.1. The van der Waals surface area contributed by atoms with Gasteiger partial charge in [-0.05, 0) is 46.8 Å². The number of nitrogens with one attached hydrogen (secondary N) is 3. The van der Waals surface area contributed by atoms with Crippen LogP contribution in [0.2, 0.25) is 0 Å². The lowest BCUT2D eigenvalue weighted by Crippen LogP contribution is -2.74. The van der Waals surface area contributed by atoms with E-state index >= 15 is 0 Å². The van der Waals surface area contributed by atoms with E-state index in [1.807, 2.05) is 7.05 Å². The molecule has 3 N–H and O–H groups in total. The van der Waals surface area contributed by atoms with E-state index in [0.29, 0.717) is 0 Å². The molecular weight excluding hydrogens is 206 g/mol. The summed E-state index contributed by atoms with van der Waals surface area (Å²) in [5, 5.41) is 0. The predicted octanol–water partition coefficient (Wildman–Crippen LogP) is 1.07. The van der Waals surface area contributed by atoms with Crippen LogP contribution in [0.1, 0.15) is 40.5 Å². The van der Waals surface area contributed by atoms with E-state index in [4.69, 9.17) is 4.43 Å². The van der Waals surface area contributed by atoms with Gasteiger partial charge in [0.2, 0.25) is 0 Å². The molecule has 4 nitrogen and oxygen atoms in total. The molecule has 15 heavy (non-hydrogen) atoms. The second kappa shape index (κ2) is 8.24. The van der Waals surface area contributed by atoms with Crippen molar-refractivity contribution < 1.29 is 4.43 Å². The fraction of sp³-hybridized carbons (Fsp3) is 1.00. The maximum atomic E-state index is 6.00. The Hall–Kier alpha value is 0.0569. The standard InChI is InChI=1S/C10H27N3OSi/c1-6-8-12-15(11-5,13-9-7-2)14-10(3)4/h10-13H,6-9H2,1-5H3. The van der Waals surface area contributed by atoms with Crippen LogP contribution < -0.4 is 14.9 Å². The zero-order chi connectivity index (χ0) is 11.7. The fourth-order valence-electron chi connectivity index (χ4n) is 1.34. The highest BCUT2D eigenvalue weighted by molar-refractivity contribution is 6.66. The smallest absolute Gasteiger partial charge is 0.378 e. The Morgan fingerprint density at radius 3 is 1.80 bits per heavy atom. The van der Waals surface area contributed by atoms with Crippen LogP contribution in [0.25, 0.3) is 0 Å². The molecule has 0 atom stereocenters. The van der Waals surface area contributed by atoms with Crippen LogP contribution in [-0.2, 0) is 4.43 Å². The summed E-state index contributed by atoms with van der Waals surface area (Å²) in [6.07, 6.45) is 2.47. The lowest BCUT2D eigenvalue weighted by molar-refractivity contribution is 0.203. The van der Waals surface area contributed by atoms with Crippen molar-refractivity contribution in [3.63, 3.8) is 0 Å². The predicted molar refractivity (Wildman–Crippen MR) is 67.6 cm³/mol. The SMILES string of the molecule is CCCN[Si](NC)(NCCC)OC(C)C. The zero-order valence-electron chi connectivity index (χ0n) is 10.8. The molecule has 5 heteroatoms. The van der Waals surface area contributed by atoms with Crippen molar-refractivity contribution >= 4 is 8.80 Å². The molecule has 0 aromatic heterocycles. The summed E-state index contributed by atoms with van der Waals surface area (Å²) in [4.78, 5) is 10.3. The molecule has 0 aromatic carbocycles. The number of rotatable bonds is 9. The maximum absolute atomic E-state index is 6.00. The second-order valence-corrected chi connectivity index (χ2v) is 6.76. The van der Waals surface area contributed by atoms with Crippen molar-refractivity contribution in [2.75, 3.05) is 20.1 Å². The molecule has 0 aromatic rings. The van der Waals surface area contributed by atoms with Crippen molar-refractivity contribution in [3.8, 4) is 0 Å². The summed E-state index contributed by atoms with van der Waals surface area (Å²) in [6, 6.07) is 0. The van der Waals surface area contributed by atoms with Gasteiger partial charge in [0.15, 0.2) is 0 Å². The molecule has 0 amide bonds. The van der Waals surface area contributed by atoms with E-state index in [0.717, 1.165) is 25.9 Å². The average molecular weight is 233 g/mol. The number of hydrogen-bond acceptors (Lipinski definition) is 4. The summed E-state index contributed by atoms with van der Waals surface area (Å²) in [5.74, 6) is 0. The van der Waals surface area contributed by atoms with Gasteiger partial charge in [0.05, 0.1) is 0 Å². The normalized spacial score (nSPS) is 12.4. The lowest BCUT2D eigenvalue weighted by Gasteiger charge is -2.32. The maximum Gasteiger partial charge on any atom is 0.440 e. The lowest BCUT2D eigenvalue weighted by atomic mass is 10.5. The van der Waals surface area contributed by atoms with Crippen molar-refractivity contribution in [1.82, 2.24) is 14.9 Å². The van der Waals surface area contributed by atoms with Crippen LogP contribution >= 0.6 is 0 Å². The molecule has 0 radical (unpaired) electrons. The van der Waals surface area contributed by atoms with Gasteiger partial charge in [0.25, 0.3) is 0 Å². The van der Waals surface area contributed by atoms with E-state index in [-0.39, 0.29) is 6.10 Å². The van der Waals surface area contributed by atoms with Crippen LogP contribution in [0, 0.1) is 0 Å². The van der Waals surface area contributed by atoms with Crippen molar-refractivity contribution in [2.24, 2.45) is 0 Å². The van der Waals surface area contributed by atoms with Crippen LogP contribution in [-0.4, -0.2) is 35.0 Å². The summed E-state index contributed by atoms with van der Waals surface area (Å²) in [6.45, 7) is 10.4. The van der Waals surface area contributed by atoms with Crippen LogP contribution in [0.3, 0.4) is 0 Å². The molecule has 0 aliphatic heterocycles. The van der Waals surface area contributed by atoms with Gasteiger partial charge in [-0.25, -0.2) is 0 Å². The third kappa shape index (κ3) is 6.27. The van der Waals surface area contributed by atoms with Crippen molar-refractivity contribution in [1.29, 1.82) is 0 Å². The Morgan fingerprint density at radius 1 is 1.07 bits per heavy atom. The van der Waals surface area contributed by atoms with Gasteiger partial charge in [-0.3, -0.25) is 14.9 Å². The summed E-state index contributed by atoms with van der Waals surface area (Å²) >= 11 is 0. The first-order valence-corrected chi connectivity index (χ1v) is 7.87. The minimum absolute atomic E-state index is 0.234. The highest BCUT2D eigenvalue weighted by Gasteiger charge is 2.35. The number of hydrogen-bond donors (Lipinski definition) is 3. The van der Waals surface area contributed by atoms with Gasteiger partial charge in [-0.1, -0.05) is 13.8 Å². The second-order valence-electron chi connectivity index (χ2n) is 3.95. The van der Waals surface area contributed by atoms with Crippen LogP contribution in [0.4, 0.5) is 0 Å². The Morgan fingerprint density at radius 2 is 1.53 bits per heavy atom. The molecule has 0 saturated heterocycles. The fourth-order valence-corrected chi connectivity index (χ4v) is 4.01. The Bertz CT molecular complexity index is 148. The van der Waals surface area contributed by atoms with E-state index in [2.05, 4.69) is 42.6 Å². The van der Waals surface area contributed by atoms with E-state index in [1.165, 1.54) is 0 Å². The summed E-state index contributed by atoms with van der Waals surface area (Å²) in [7, 11) is -0.166. The molecule has 0 aliphatic carbocycles. The highest BCUT2D eigenvalue weighted by atomic mass is 28.4. The topological polar surface area (TPSA) is 45.3 Å². The van der Waals surface area contributed by atoms with Crippen LogP contribution in [0.5, 0.6) is 0 Å². The zero-order valence-corrected chi connectivity index (χ0v) is 11.8. The van der Waals surface area contributed by atoms with Crippen molar-refractivity contribution in [3.05, 3.63) is 0 Å². The average Bonchev–Trinajstić information content (AvgIpc) is 2.22. The third-order valence-corrected chi connectivity index (χ3v) is 5.04. The van der Waals surface area contributed by atoms with Gasteiger partial charge in [-0.15, -0.1) is 0 Å². The molecular formula is C10H27N3OSi. The molecule has 0 unspecified atom stereocenters. The van der Waals surface area contributed by atoms with Gasteiger partial charge in [0, 0.05) is 6.10 Å². The minimum atomic E-state index is -2.12. The molecule has 0 spiro atoms. The van der Waals surface area contributed by atoms with Gasteiger partial charge in [0.1, 0.15) is 0 Å². The Kier molecular flexibility index (Phi) is 8.27. The van der Waals surface area contributed by atoms with E-state index in [9.17, 15) is 0 Å². The Balaban J connectivity index is 4.30. The monoisotopic (exact) mass is 233 g/mol. The third-order valence-electron chi connectivity index (χ3n) is 2.01. The van der Waals surface area contributed by atoms with E-state index < -0.39 is 8.80 Å². The van der Waals surface area contributed by atoms with Crippen molar-refractivity contribution in [2.45, 2.75) is 46.6 Å². The Labute approximate surface area is 95.5 Å². The molecule has 0 aliphatic rings. The van der Waals surface area contributed by atoms with Gasteiger partial charge >= 0.3 is 8.80 Å². The highest BCUT2D eigenvalue weighted by Crippen LogP contribution is 1.98. The summed E-state index contributed by atoms with van der Waals surface area (Å²) < 4.78 is 6.00. The van der Waals surface area contributed by atoms with Crippen LogP contribution in [0.15, 0.2) is 0 Å². The van der Waals surface area contributed by atoms with Gasteiger partial charge < -0.3 is 4.43 Å². The minimum Gasteiger partial charge on any atom is -0.378 e. The summed E-state index contributed by atoms with van der Waals surface area (Å²) in [5.41, 5.74) is 0.